The normalized spacial score (nSPS) is 14.5. The molecule has 1 aliphatic rings. The standard InChI is InChI=1S/C22H21ClN2O3/c1-2-19(28-22(27)14-11-12-24-20(23)13-14)21(26)25-17-9-5-3-7-15(17)16-8-4-6-10-18(16)25/h3,5,7,9,11-13,19H,2,4,6,8,10H2,1H3. The topological polar surface area (TPSA) is 61.2 Å². The molecule has 0 spiro atoms. The van der Waals surface area contributed by atoms with Gasteiger partial charge in [-0.3, -0.25) is 9.36 Å². The zero-order valence-electron chi connectivity index (χ0n) is 15.7. The molecule has 1 aromatic carbocycles. The maximum absolute atomic E-state index is 13.4. The van der Waals surface area contributed by atoms with Crippen LogP contribution in [0.15, 0.2) is 42.6 Å². The van der Waals surface area contributed by atoms with Crippen molar-refractivity contribution in [3.8, 4) is 0 Å². The second-order valence-electron chi connectivity index (χ2n) is 6.99. The minimum absolute atomic E-state index is 0.199. The molecule has 0 saturated carbocycles. The molecule has 2 aromatic heterocycles. The number of halogens is 1. The smallest absolute Gasteiger partial charge is 0.339 e. The van der Waals surface area contributed by atoms with Gasteiger partial charge in [0.15, 0.2) is 6.10 Å². The first kappa shape index (κ1) is 18.7. The van der Waals surface area contributed by atoms with Crippen molar-refractivity contribution < 1.29 is 14.3 Å². The number of fused-ring (bicyclic) bond motifs is 3. The van der Waals surface area contributed by atoms with Crippen molar-refractivity contribution in [2.24, 2.45) is 0 Å². The monoisotopic (exact) mass is 396 g/mol. The van der Waals surface area contributed by atoms with E-state index in [1.165, 1.54) is 23.9 Å². The fourth-order valence-corrected chi connectivity index (χ4v) is 4.10. The Kier molecular flexibility index (Phi) is 5.18. The van der Waals surface area contributed by atoms with Crippen molar-refractivity contribution in [3.05, 3.63) is 64.6 Å². The van der Waals surface area contributed by atoms with Gasteiger partial charge in [0, 0.05) is 17.3 Å². The molecule has 0 aliphatic heterocycles. The van der Waals surface area contributed by atoms with Crippen molar-refractivity contribution in [3.63, 3.8) is 0 Å². The van der Waals surface area contributed by atoms with Gasteiger partial charge in [-0.25, -0.2) is 9.78 Å². The predicted molar refractivity (Wildman–Crippen MR) is 108 cm³/mol. The van der Waals surface area contributed by atoms with Gasteiger partial charge in [0.1, 0.15) is 5.15 Å². The van der Waals surface area contributed by atoms with Crippen molar-refractivity contribution in [1.82, 2.24) is 9.55 Å². The lowest BCUT2D eigenvalue weighted by Gasteiger charge is -2.20. The fraction of sp³-hybridized carbons (Fsp3) is 0.318. The van der Waals surface area contributed by atoms with Crippen LogP contribution in [0.25, 0.3) is 10.9 Å². The largest absolute Gasteiger partial charge is 0.449 e. The van der Waals surface area contributed by atoms with Crippen LogP contribution in [0, 0.1) is 0 Å². The molecular formula is C22H21ClN2O3. The number of carbonyl (C=O) groups is 2. The van der Waals surface area contributed by atoms with Crippen LogP contribution in [0.5, 0.6) is 0 Å². The van der Waals surface area contributed by atoms with Crippen LogP contribution in [0.4, 0.5) is 0 Å². The highest BCUT2D eigenvalue weighted by Gasteiger charge is 2.29. The molecule has 0 amide bonds. The number of rotatable bonds is 4. The predicted octanol–water partition coefficient (Wildman–Crippen LogP) is 4.84. The van der Waals surface area contributed by atoms with Gasteiger partial charge in [-0.1, -0.05) is 36.7 Å². The molecule has 6 heteroatoms. The maximum Gasteiger partial charge on any atom is 0.339 e. The van der Waals surface area contributed by atoms with E-state index < -0.39 is 12.1 Å². The van der Waals surface area contributed by atoms with Gasteiger partial charge in [0.25, 0.3) is 5.91 Å². The SMILES string of the molecule is CCC(OC(=O)c1ccnc(Cl)c1)C(=O)n1c2c(c3ccccc31)CCCC2. The van der Waals surface area contributed by atoms with E-state index in [-0.39, 0.29) is 16.6 Å². The summed E-state index contributed by atoms with van der Waals surface area (Å²) in [7, 11) is 0. The third-order valence-corrected chi connectivity index (χ3v) is 5.46. The first-order valence-electron chi connectivity index (χ1n) is 9.58. The summed E-state index contributed by atoms with van der Waals surface area (Å²) in [5, 5.41) is 1.33. The highest BCUT2D eigenvalue weighted by molar-refractivity contribution is 6.29. The number of ether oxygens (including phenoxy) is 1. The van der Waals surface area contributed by atoms with E-state index in [4.69, 9.17) is 16.3 Å². The Balaban J connectivity index is 1.69. The lowest BCUT2D eigenvalue weighted by Crippen LogP contribution is -2.32. The van der Waals surface area contributed by atoms with E-state index in [1.54, 1.807) is 4.57 Å². The Labute approximate surface area is 168 Å². The Hall–Kier alpha value is -2.66. The number of aromatic nitrogens is 2. The minimum Gasteiger partial charge on any atom is -0.449 e. The molecule has 0 N–H and O–H groups in total. The fourth-order valence-electron chi connectivity index (χ4n) is 3.93. The molecule has 4 rings (SSSR count). The average Bonchev–Trinajstić information content (AvgIpc) is 3.06. The quantitative estimate of drug-likeness (QED) is 0.467. The number of carbonyl (C=O) groups excluding carboxylic acids is 2. The van der Waals surface area contributed by atoms with Crippen LogP contribution < -0.4 is 0 Å². The van der Waals surface area contributed by atoms with E-state index in [1.807, 2.05) is 25.1 Å². The molecule has 1 atom stereocenters. The second-order valence-corrected chi connectivity index (χ2v) is 7.38. The maximum atomic E-state index is 13.4. The Morgan fingerprint density at radius 2 is 2.00 bits per heavy atom. The molecule has 1 aliphatic carbocycles. The molecule has 1 unspecified atom stereocenters. The van der Waals surface area contributed by atoms with Gasteiger partial charge in [-0.05, 0) is 55.9 Å². The molecule has 0 radical (unpaired) electrons. The number of nitrogens with zero attached hydrogens (tertiary/aromatic N) is 2. The van der Waals surface area contributed by atoms with Crippen molar-refractivity contribution in [2.75, 3.05) is 0 Å². The molecule has 144 valence electrons. The van der Waals surface area contributed by atoms with Crippen LogP contribution in [0.1, 0.15) is 52.6 Å². The van der Waals surface area contributed by atoms with Crippen molar-refractivity contribution >= 4 is 34.4 Å². The Morgan fingerprint density at radius 1 is 1.21 bits per heavy atom. The third-order valence-electron chi connectivity index (χ3n) is 5.26. The first-order valence-corrected chi connectivity index (χ1v) is 9.96. The summed E-state index contributed by atoms with van der Waals surface area (Å²) >= 11 is 5.86. The van der Waals surface area contributed by atoms with Gasteiger partial charge in [-0.2, -0.15) is 0 Å². The summed E-state index contributed by atoms with van der Waals surface area (Å²) in [4.78, 5) is 29.8. The number of benzene rings is 1. The third kappa shape index (κ3) is 3.31. The van der Waals surface area contributed by atoms with E-state index >= 15 is 0 Å². The molecule has 28 heavy (non-hydrogen) atoms. The van der Waals surface area contributed by atoms with Gasteiger partial charge < -0.3 is 4.74 Å². The van der Waals surface area contributed by atoms with Crippen LogP contribution >= 0.6 is 11.6 Å². The van der Waals surface area contributed by atoms with Gasteiger partial charge >= 0.3 is 5.97 Å². The summed E-state index contributed by atoms with van der Waals surface area (Å²) in [6.07, 6.45) is 5.00. The highest BCUT2D eigenvalue weighted by Crippen LogP contribution is 2.32. The first-order chi connectivity index (χ1) is 13.6. The van der Waals surface area contributed by atoms with Crippen LogP contribution in [0.3, 0.4) is 0 Å². The van der Waals surface area contributed by atoms with E-state index in [0.29, 0.717) is 6.42 Å². The molecule has 3 aromatic rings. The second kappa shape index (κ2) is 7.76. The number of hydrogen-bond donors (Lipinski definition) is 0. The Bertz CT molecular complexity index is 1060. The summed E-state index contributed by atoms with van der Waals surface area (Å²) in [6, 6.07) is 10.9. The molecular weight excluding hydrogens is 376 g/mol. The average molecular weight is 397 g/mol. The minimum atomic E-state index is -0.860. The molecule has 0 saturated heterocycles. The van der Waals surface area contributed by atoms with E-state index in [9.17, 15) is 9.59 Å². The summed E-state index contributed by atoms with van der Waals surface area (Å²) < 4.78 is 7.34. The van der Waals surface area contributed by atoms with E-state index in [0.717, 1.165) is 42.3 Å². The Morgan fingerprint density at radius 3 is 2.79 bits per heavy atom. The summed E-state index contributed by atoms with van der Waals surface area (Å²) in [6.45, 7) is 1.84. The van der Waals surface area contributed by atoms with Crippen molar-refractivity contribution in [1.29, 1.82) is 0 Å². The molecule has 2 heterocycles. The van der Waals surface area contributed by atoms with E-state index in [2.05, 4.69) is 11.1 Å². The van der Waals surface area contributed by atoms with Crippen LogP contribution in [-0.2, 0) is 17.6 Å². The number of hydrogen-bond acceptors (Lipinski definition) is 4. The zero-order chi connectivity index (χ0) is 19.7. The van der Waals surface area contributed by atoms with Crippen molar-refractivity contribution in [2.45, 2.75) is 45.1 Å². The number of esters is 1. The van der Waals surface area contributed by atoms with Gasteiger partial charge in [-0.15, -0.1) is 0 Å². The van der Waals surface area contributed by atoms with Crippen LogP contribution in [0.2, 0.25) is 5.15 Å². The number of pyridine rings is 1. The number of aryl methyl sites for hydroxylation is 1. The lowest BCUT2D eigenvalue weighted by molar-refractivity contribution is 0.0241. The highest BCUT2D eigenvalue weighted by atomic mass is 35.5. The summed E-state index contributed by atoms with van der Waals surface area (Å²) in [5.41, 5.74) is 3.47. The molecule has 5 nitrogen and oxygen atoms in total. The lowest BCUT2D eigenvalue weighted by atomic mass is 9.95. The number of para-hydroxylation sites is 1. The van der Waals surface area contributed by atoms with Gasteiger partial charge in [0.2, 0.25) is 0 Å². The summed E-state index contributed by atoms with van der Waals surface area (Å²) in [5.74, 6) is -0.773. The van der Waals surface area contributed by atoms with Crippen LogP contribution in [-0.4, -0.2) is 27.5 Å². The molecule has 0 fully saturated rings. The zero-order valence-corrected chi connectivity index (χ0v) is 16.4. The van der Waals surface area contributed by atoms with Gasteiger partial charge in [0.05, 0.1) is 11.1 Å². The molecule has 0 bridgehead atoms.